The van der Waals surface area contributed by atoms with Gasteiger partial charge in [-0.3, -0.25) is 9.59 Å². The molecule has 0 unspecified atom stereocenters. The summed E-state index contributed by atoms with van der Waals surface area (Å²) in [7, 11) is 0. The quantitative estimate of drug-likeness (QED) is 0.537. The second kappa shape index (κ2) is 12.0. The lowest BCUT2D eigenvalue weighted by Crippen LogP contribution is -2.33. The van der Waals surface area contributed by atoms with Crippen LogP contribution in [0.2, 0.25) is 0 Å². The molecule has 134 valence electrons. The van der Waals surface area contributed by atoms with E-state index >= 15 is 0 Å². The first-order valence-corrected chi connectivity index (χ1v) is 8.45. The van der Waals surface area contributed by atoms with Crippen LogP contribution in [-0.4, -0.2) is 36.4 Å². The van der Waals surface area contributed by atoms with E-state index in [2.05, 4.69) is 5.32 Å². The number of nitrogens with two attached hydrogens (primary N) is 1. The number of nitrogens with one attached hydrogen (secondary N) is 1. The monoisotopic (exact) mass is 328 g/mol. The molecule has 0 atom stereocenters. The lowest BCUT2D eigenvalue weighted by Gasteiger charge is -2.19. The predicted octanol–water partition coefficient (Wildman–Crippen LogP) is 2.73. The topological polar surface area (TPSA) is 98.5 Å². The fraction of sp³-hybridized carbons (Fsp3) is 0.824. The summed E-state index contributed by atoms with van der Waals surface area (Å²) < 4.78 is 5.10. The van der Waals surface area contributed by atoms with Gasteiger partial charge in [0.1, 0.15) is 17.2 Å². The first kappa shape index (κ1) is 21.6. The van der Waals surface area contributed by atoms with Crippen LogP contribution in [0.25, 0.3) is 0 Å². The van der Waals surface area contributed by atoms with Gasteiger partial charge in [-0.2, -0.15) is 0 Å². The van der Waals surface area contributed by atoms with Crippen molar-refractivity contribution in [2.75, 3.05) is 13.1 Å². The van der Waals surface area contributed by atoms with E-state index in [1.54, 1.807) is 20.8 Å². The van der Waals surface area contributed by atoms with Gasteiger partial charge in [0, 0.05) is 32.2 Å². The van der Waals surface area contributed by atoms with Crippen molar-refractivity contribution in [3.8, 4) is 0 Å². The molecule has 0 aromatic rings. The maximum Gasteiger partial charge on any atom is 0.407 e. The standard InChI is InChI=1S/C17H32N2O4/c1-17(2,3)23-16(22)19-13-7-11-15(21)9-5-4-8-14(20)10-6-12-18/h4-13,18H2,1-3H3,(H,19,22). The molecule has 0 aliphatic carbocycles. The average Bonchev–Trinajstić information content (AvgIpc) is 2.44. The molecule has 0 spiro atoms. The minimum absolute atomic E-state index is 0.172. The molecule has 1 amide bonds. The van der Waals surface area contributed by atoms with E-state index in [-0.39, 0.29) is 11.6 Å². The Morgan fingerprint density at radius 1 is 0.870 bits per heavy atom. The third-order valence-electron chi connectivity index (χ3n) is 3.12. The van der Waals surface area contributed by atoms with Gasteiger partial charge in [-0.05, 0) is 53.0 Å². The highest BCUT2D eigenvalue weighted by atomic mass is 16.6. The Balaban J connectivity index is 3.54. The number of Topliss-reactive ketones (excluding diaryl/α,β-unsaturated/α-hetero) is 2. The van der Waals surface area contributed by atoms with E-state index < -0.39 is 11.7 Å². The minimum atomic E-state index is -0.512. The van der Waals surface area contributed by atoms with Crippen molar-refractivity contribution in [3.05, 3.63) is 0 Å². The van der Waals surface area contributed by atoms with Crippen LogP contribution in [0.3, 0.4) is 0 Å². The first-order valence-electron chi connectivity index (χ1n) is 8.45. The number of carbonyl (C=O) groups excluding carboxylic acids is 3. The molecule has 0 bridgehead atoms. The molecular weight excluding hydrogens is 296 g/mol. The van der Waals surface area contributed by atoms with Crippen molar-refractivity contribution in [1.82, 2.24) is 5.32 Å². The number of alkyl carbamates (subject to hydrolysis) is 1. The number of unbranched alkanes of at least 4 members (excludes halogenated alkanes) is 1. The summed E-state index contributed by atoms with van der Waals surface area (Å²) in [6, 6.07) is 0. The van der Waals surface area contributed by atoms with Gasteiger partial charge in [0.2, 0.25) is 0 Å². The van der Waals surface area contributed by atoms with Crippen LogP contribution in [0.4, 0.5) is 4.79 Å². The third-order valence-corrected chi connectivity index (χ3v) is 3.12. The Hall–Kier alpha value is -1.43. The SMILES string of the molecule is CC(C)(C)OC(=O)NCCCC(=O)CCCCC(=O)CCCN. The number of rotatable bonds is 12. The number of ketones is 2. The van der Waals surface area contributed by atoms with Crippen LogP contribution >= 0.6 is 0 Å². The number of carbonyl (C=O) groups is 3. The summed E-state index contributed by atoms with van der Waals surface area (Å²) in [5.41, 5.74) is 4.83. The number of hydrogen-bond donors (Lipinski definition) is 2. The number of hydrogen-bond acceptors (Lipinski definition) is 5. The van der Waals surface area contributed by atoms with Crippen LogP contribution < -0.4 is 11.1 Å². The highest BCUT2D eigenvalue weighted by Gasteiger charge is 2.15. The molecule has 0 aliphatic rings. The molecule has 0 radical (unpaired) electrons. The van der Waals surface area contributed by atoms with Gasteiger partial charge < -0.3 is 15.8 Å². The zero-order valence-corrected chi connectivity index (χ0v) is 14.8. The van der Waals surface area contributed by atoms with Gasteiger partial charge >= 0.3 is 6.09 Å². The second-order valence-electron chi connectivity index (χ2n) is 6.71. The zero-order valence-electron chi connectivity index (χ0n) is 14.8. The normalized spacial score (nSPS) is 11.1. The molecule has 0 aliphatic heterocycles. The van der Waals surface area contributed by atoms with Gasteiger partial charge in [-0.1, -0.05) is 0 Å². The molecule has 0 aromatic carbocycles. The maximum atomic E-state index is 11.7. The number of ether oxygens (including phenoxy) is 1. The largest absolute Gasteiger partial charge is 0.444 e. The van der Waals surface area contributed by atoms with Crippen molar-refractivity contribution in [1.29, 1.82) is 0 Å². The average molecular weight is 328 g/mol. The molecule has 6 nitrogen and oxygen atoms in total. The summed E-state index contributed by atoms with van der Waals surface area (Å²) in [4.78, 5) is 34.5. The van der Waals surface area contributed by atoms with Crippen molar-refractivity contribution in [2.24, 2.45) is 5.73 Å². The summed E-state index contributed by atoms with van der Waals surface area (Å²) in [6.07, 6.45) is 4.40. The van der Waals surface area contributed by atoms with E-state index in [0.29, 0.717) is 45.2 Å². The van der Waals surface area contributed by atoms with Crippen LogP contribution in [-0.2, 0) is 14.3 Å². The van der Waals surface area contributed by atoms with Crippen LogP contribution in [0, 0.1) is 0 Å². The summed E-state index contributed by atoms with van der Waals surface area (Å²) >= 11 is 0. The van der Waals surface area contributed by atoms with Gasteiger partial charge in [0.25, 0.3) is 0 Å². The minimum Gasteiger partial charge on any atom is -0.444 e. The molecule has 0 rings (SSSR count). The molecule has 0 aromatic heterocycles. The van der Waals surface area contributed by atoms with Gasteiger partial charge in [0.05, 0.1) is 0 Å². The van der Waals surface area contributed by atoms with E-state index in [1.165, 1.54) is 0 Å². The lowest BCUT2D eigenvalue weighted by atomic mass is 10.0. The molecule has 6 heteroatoms. The van der Waals surface area contributed by atoms with E-state index in [0.717, 1.165) is 19.3 Å². The van der Waals surface area contributed by atoms with Gasteiger partial charge in [-0.15, -0.1) is 0 Å². The predicted molar refractivity (Wildman–Crippen MR) is 90.2 cm³/mol. The first-order chi connectivity index (χ1) is 10.7. The summed E-state index contributed by atoms with van der Waals surface area (Å²) in [6.45, 7) is 6.38. The van der Waals surface area contributed by atoms with Gasteiger partial charge in [0.15, 0.2) is 0 Å². The maximum absolute atomic E-state index is 11.7. The van der Waals surface area contributed by atoms with Crippen LogP contribution in [0.5, 0.6) is 0 Å². The molecule has 0 saturated heterocycles. The van der Waals surface area contributed by atoms with Crippen molar-refractivity contribution < 1.29 is 19.1 Å². The van der Waals surface area contributed by atoms with E-state index in [4.69, 9.17) is 10.5 Å². The molecule has 3 N–H and O–H groups in total. The second-order valence-corrected chi connectivity index (χ2v) is 6.71. The molecule has 0 saturated carbocycles. The Morgan fingerprint density at radius 2 is 1.35 bits per heavy atom. The third kappa shape index (κ3) is 15.2. The summed E-state index contributed by atoms with van der Waals surface area (Å²) in [5.74, 6) is 0.398. The van der Waals surface area contributed by atoms with Crippen LogP contribution in [0.15, 0.2) is 0 Å². The zero-order chi connectivity index (χ0) is 17.7. The fourth-order valence-electron chi connectivity index (χ4n) is 1.98. The molecule has 0 heterocycles. The van der Waals surface area contributed by atoms with Crippen molar-refractivity contribution in [2.45, 2.75) is 77.7 Å². The summed E-state index contributed by atoms with van der Waals surface area (Å²) in [5, 5.41) is 2.63. The fourth-order valence-corrected chi connectivity index (χ4v) is 1.98. The highest BCUT2D eigenvalue weighted by molar-refractivity contribution is 5.79. The van der Waals surface area contributed by atoms with Crippen molar-refractivity contribution in [3.63, 3.8) is 0 Å². The van der Waals surface area contributed by atoms with Gasteiger partial charge in [-0.25, -0.2) is 4.79 Å². The molecule has 23 heavy (non-hydrogen) atoms. The Labute approximate surface area is 139 Å². The Bertz CT molecular complexity index is 375. The van der Waals surface area contributed by atoms with E-state index in [9.17, 15) is 14.4 Å². The Morgan fingerprint density at radius 3 is 1.83 bits per heavy atom. The lowest BCUT2D eigenvalue weighted by molar-refractivity contribution is -0.121. The van der Waals surface area contributed by atoms with Crippen LogP contribution in [0.1, 0.15) is 72.1 Å². The smallest absolute Gasteiger partial charge is 0.407 e. The number of amides is 1. The highest BCUT2D eigenvalue weighted by Crippen LogP contribution is 2.08. The Kier molecular flexibility index (Phi) is 11.3. The molecular formula is C17H32N2O4. The molecule has 0 fully saturated rings. The van der Waals surface area contributed by atoms with E-state index in [1.807, 2.05) is 0 Å². The van der Waals surface area contributed by atoms with Crippen molar-refractivity contribution >= 4 is 17.7 Å².